The molecule has 2 rings (SSSR count). The van der Waals surface area contributed by atoms with Gasteiger partial charge in [0.15, 0.2) is 11.6 Å². The fourth-order valence-electron chi connectivity index (χ4n) is 1.05. The normalized spacial score (nSPS) is 10.0. The monoisotopic (exact) mass is 206 g/mol. The van der Waals surface area contributed by atoms with Gasteiger partial charge in [0.1, 0.15) is 11.6 Å². The largest absolute Gasteiger partial charge is 0.453 e. The van der Waals surface area contributed by atoms with Gasteiger partial charge < -0.3 is 4.74 Å². The van der Waals surface area contributed by atoms with Crippen LogP contribution in [0.1, 0.15) is 0 Å². The van der Waals surface area contributed by atoms with E-state index in [4.69, 9.17) is 4.74 Å². The molecular weight excluding hydrogens is 200 g/mol. The first kappa shape index (κ1) is 9.58. The van der Waals surface area contributed by atoms with Crippen LogP contribution in [0.2, 0.25) is 0 Å². The van der Waals surface area contributed by atoms with Gasteiger partial charge in [-0.15, -0.1) is 0 Å². The molecule has 0 saturated carbocycles. The molecule has 0 atom stereocenters. The highest BCUT2D eigenvalue weighted by molar-refractivity contribution is 5.30. The van der Waals surface area contributed by atoms with Crippen LogP contribution in [0.25, 0.3) is 0 Å². The maximum absolute atomic E-state index is 13.1. The number of hydrogen-bond acceptors (Lipinski definition) is 2. The number of rotatable bonds is 2. The Morgan fingerprint density at radius 3 is 2.73 bits per heavy atom. The summed E-state index contributed by atoms with van der Waals surface area (Å²) in [6.07, 6.45) is 3.95. The van der Waals surface area contributed by atoms with Gasteiger partial charge in [-0.3, -0.25) is 4.98 Å². The number of benzene rings is 1. The summed E-state index contributed by atoms with van der Waals surface area (Å²) in [5, 5.41) is 0. The second-order valence-electron chi connectivity index (χ2n) is 2.80. The van der Waals surface area contributed by atoms with Crippen LogP contribution in [0.15, 0.2) is 36.5 Å². The molecule has 2 aromatic rings. The van der Waals surface area contributed by atoms with E-state index in [1.165, 1.54) is 18.3 Å². The molecule has 0 amide bonds. The second kappa shape index (κ2) is 4.04. The van der Waals surface area contributed by atoms with E-state index in [9.17, 15) is 8.78 Å². The minimum atomic E-state index is -0.747. The van der Waals surface area contributed by atoms with Crippen molar-refractivity contribution < 1.29 is 13.5 Å². The maximum atomic E-state index is 13.1. The first-order chi connectivity index (χ1) is 7.25. The molecule has 1 aromatic carbocycles. The van der Waals surface area contributed by atoms with Crippen LogP contribution in [0.3, 0.4) is 0 Å². The summed E-state index contributed by atoms with van der Waals surface area (Å²) in [6, 6.07) is 6.23. The highest BCUT2D eigenvalue weighted by Crippen LogP contribution is 2.23. The molecule has 0 aliphatic carbocycles. The molecule has 4 heteroatoms. The number of pyridine rings is 1. The van der Waals surface area contributed by atoms with Crippen molar-refractivity contribution >= 4 is 0 Å². The molecule has 1 radical (unpaired) electrons. The molecule has 0 aliphatic rings. The fraction of sp³-hybridized carbons (Fsp3) is 0. The van der Waals surface area contributed by atoms with Crippen LogP contribution >= 0.6 is 0 Å². The summed E-state index contributed by atoms with van der Waals surface area (Å²) in [4.78, 5) is 3.68. The first-order valence-electron chi connectivity index (χ1n) is 4.21. The summed E-state index contributed by atoms with van der Waals surface area (Å²) in [5.41, 5.74) is 0. The van der Waals surface area contributed by atoms with Crippen molar-refractivity contribution in [1.29, 1.82) is 0 Å². The van der Waals surface area contributed by atoms with E-state index in [-0.39, 0.29) is 5.75 Å². The number of nitrogens with zero attached hydrogens (tertiary/aromatic N) is 1. The highest BCUT2D eigenvalue weighted by Gasteiger charge is 2.05. The fourth-order valence-corrected chi connectivity index (χ4v) is 1.05. The lowest BCUT2D eigenvalue weighted by molar-refractivity contribution is 0.436. The van der Waals surface area contributed by atoms with Gasteiger partial charge in [0.2, 0.25) is 0 Å². The van der Waals surface area contributed by atoms with Gasteiger partial charge in [-0.1, -0.05) is 0 Å². The van der Waals surface area contributed by atoms with Crippen LogP contribution in [0, 0.1) is 17.8 Å². The molecule has 0 spiro atoms. The van der Waals surface area contributed by atoms with Crippen molar-refractivity contribution in [3.63, 3.8) is 0 Å². The molecule has 0 unspecified atom stereocenters. The SMILES string of the molecule is Fc1ccc(Oc2cc[c]nc2)c(F)c1. The predicted octanol–water partition coefficient (Wildman–Crippen LogP) is 2.95. The lowest BCUT2D eigenvalue weighted by Gasteiger charge is -2.05. The van der Waals surface area contributed by atoms with Gasteiger partial charge in [-0.2, -0.15) is 0 Å². The van der Waals surface area contributed by atoms with Gasteiger partial charge in [0.05, 0.1) is 12.4 Å². The van der Waals surface area contributed by atoms with Crippen molar-refractivity contribution in [3.8, 4) is 11.5 Å². The standard InChI is InChI=1S/C11H6F2NO/c12-8-3-4-11(10(13)6-8)15-9-2-1-5-14-7-9/h1-4,6-7H. The number of hydrogen-bond donors (Lipinski definition) is 0. The molecule has 1 aromatic heterocycles. The third kappa shape index (κ3) is 2.28. The molecule has 1 heterocycles. The van der Waals surface area contributed by atoms with E-state index >= 15 is 0 Å². The molecule has 0 saturated heterocycles. The van der Waals surface area contributed by atoms with Gasteiger partial charge in [0, 0.05) is 6.07 Å². The van der Waals surface area contributed by atoms with Gasteiger partial charge in [-0.05, 0) is 24.3 Å². The average molecular weight is 206 g/mol. The Morgan fingerprint density at radius 2 is 2.07 bits per heavy atom. The van der Waals surface area contributed by atoms with Gasteiger partial charge in [-0.25, -0.2) is 8.78 Å². The molecule has 0 aliphatic heterocycles. The molecule has 75 valence electrons. The molecular formula is C11H6F2NO. The van der Waals surface area contributed by atoms with Crippen LogP contribution in [0.4, 0.5) is 8.78 Å². The van der Waals surface area contributed by atoms with Gasteiger partial charge >= 0.3 is 0 Å². The Bertz CT molecular complexity index is 459. The van der Waals surface area contributed by atoms with Crippen molar-refractivity contribution in [2.45, 2.75) is 0 Å². The molecule has 0 N–H and O–H groups in total. The third-order valence-electron chi connectivity index (χ3n) is 1.71. The summed E-state index contributed by atoms with van der Waals surface area (Å²) in [5.74, 6) is -1.05. The Kier molecular flexibility index (Phi) is 2.58. The average Bonchev–Trinajstić information content (AvgIpc) is 2.24. The zero-order valence-corrected chi connectivity index (χ0v) is 7.58. The van der Waals surface area contributed by atoms with E-state index in [0.717, 1.165) is 12.1 Å². The second-order valence-corrected chi connectivity index (χ2v) is 2.80. The number of aromatic nitrogens is 1. The van der Waals surface area contributed by atoms with E-state index in [1.54, 1.807) is 6.07 Å². The lowest BCUT2D eigenvalue weighted by Crippen LogP contribution is -1.89. The summed E-state index contributed by atoms with van der Waals surface area (Å²) >= 11 is 0. The zero-order valence-electron chi connectivity index (χ0n) is 7.58. The topological polar surface area (TPSA) is 22.1 Å². The van der Waals surface area contributed by atoms with Crippen molar-refractivity contribution in [3.05, 3.63) is 54.4 Å². The number of halogens is 2. The smallest absolute Gasteiger partial charge is 0.168 e. The van der Waals surface area contributed by atoms with Crippen LogP contribution in [0.5, 0.6) is 11.5 Å². The van der Waals surface area contributed by atoms with Crippen LogP contribution < -0.4 is 4.74 Å². The van der Waals surface area contributed by atoms with E-state index in [0.29, 0.717) is 5.75 Å². The zero-order chi connectivity index (χ0) is 10.7. The Labute approximate surface area is 85.2 Å². The molecule has 2 nitrogen and oxygen atoms in total. The maximum Gasteiger partial charge on any atom is 0.168 e. The molecule has 15 heavy (non-hydrogen) atoms. The van der Waals surface area contributed by atoms with Crippen molar-refractivity contribution in [2.24, 2.45) is 0 Å². The molecule has 0 fully saturated rings. The van der Waals surface area contributed by atoms with E-state index in [2.05, 4.69) is 11.2 Å². The Hall–Kier alpha value is -1.97. The first-order valence-corrected chi connectivity index (χ1v) is 4.21. The third-order valence-corrected chi connectivity index (χ3v) is 1.71. The predicted molar refractivity (Wildman–Crippen MR) is 49.5 cm³/mol. The Morgan fingerprint density at radius 1 is 1.20 bits per heavy atom. The van der Waals surface area contributed by atoms with Crippen molar-refractivity contribution in [1.82, 2.24) is 4.98 Å². The van der Waals surface area contributed by atoms with Crippen LogP contribution in [-0.4, -0.2) is 4.98 Å². The minimum Gasteiger partial charge on any atom is -0.453 e. The quantitative estimate of drug-likeness (QED) is 0.753. The lowest BCUT2D eigenvalue weighted by atomic mass is 10.3. The Balaban J connectivity index is 2.25. The molecule has 0 bridgehead atoms. The van der Waals surface area contributed by atoms with E-state index < -0.39 is 11.6 Å². The highest BCUT2D eigenvalue weighted by atomic mass is 19.1. The van der Waals surface area contributed by atoms with Gasteiger partial charge in [0.25, 0.3) is 0 Å². The summed E-state index contributed by atoms with van der Waals surface area (Å²) < 4.78 is 30.9. The van der Waals surface area contributed by atoms with Crippen molar-refractivity contribution in [2.75, 3.05) is 0 Å². The minimum absolute atomic E-state index is 0.0376. The summed E-state index contributed by atoms with van der Waals surface area (Å²) in [7, 11) is 0. The van der Waals surface area contributed by atoms with E-state index in [1.807, 2.05) is 0 Å². The van der Waals surface area contributed by atoms with Crippen LogP contribution in [-0.2, 0) is 0 Å². The number of ether oxygens (including phenoxy) is 1. The summed E-state index contributed by atoms with van der Waals surface area (Å²) in [6.45, 7) is 0.